The summed E-state index contributed by atoms with van der Waals surface area (Å²) in [5.41, 5.74) is 0. The first-order valence-electron chi connectivity index (χ1n) is 9.78. The second kappa shape index (κ2) is 8.00. The van der Waals surface area contributed by atoms with Crippen LogP contribution < -0.4 is 4.74 Å². The summed E-state index contributed by atoms with van der Waals surface area (Å²) in [7, 11) is 0. The molecule has 1 aromatic heterocycles. The van der Waals surface area contributed by atoms with Crippen LogP contribution in [-0.4, -0.2) is 62.6 Å². The maximum Gasteiger partial charge on any atom is 0.260 e. The molecule has 2 aromatic rings. The number of hydrogen-bond acceptors (Lipinski definition) is 5. The van der Waals surface area contributed by atoms with Gasteiger partial charge in [-0.05, 0) is 25.0 Å². The van der Waals surface area contributed by atoms with E-state index in [4.69, 9.17) is 4.74 Å². The number of fused-ring (bicyclic) bond motifs is 1. The Morgan fingerprint density at radius 3 is 2.71 bits per heavy atom. The van der Waals surface area contributed by atoms with Crippen LogP contribution in [0.25, 0.3) is 0 Å². The maximum absolute atomic E-state index is 12.6. The molecule has 8 heteroatoms. The Bertz CT molecular complexity index is 851. The minimum Gasteiger partial charge on any atom is -0.484 e. The van der Waals surface area contributed by atoms with E-state index in [0.29, 0.717) is 31.8 Å². The zero-order chi connectivity index (χ0) is 19.5. The van der Waals surface area contributed by atoms with Gasteiger partial charge < -0.3 is 19.1 Å². The molecule has 28 heavy (non-hydrogen) atoms. The molecule has 8 nitrogen and oxygen atoms in total. The van der Waals surface area contributed by atoms with Crippen molar-refractivity contribution in [1.82, 2.24) is 24.6 Å². The fourth-order valence-corrected chi connectivity index (χ4v) is 4.01. The summed E-state index contributed by atoms with van der Waals surface area (Å²) < 4.78 is 7.69. The van der Waals surface area contributed by atoms with Crippen molar-refractivity contribution in [2.24, 2.45) is 0 Å². The van der Waals surface area contributed by atoms with Gasteiger partial charge in [0, 0.05) is 39.5 Å². The summed E-state index contributed by atoms with van der Waals surface area (Å²) >= 11 is 0. The van der Waals surface area contributed by atoms with Gasteiger partial charge in [0.25, 0.3) is 5.91 Å². The van der Waals surface area contributed by atoms with Gasteiger partial charge in [0.05, 0.1) is 6.04 Å². The molecule has 0 bridgehead atoms. The Balaban J connectivity index is 1.41. The van der Waals surface area contributed by atoms with E-state index in [1.165, 1.54) is 0 Å². The standard InChI is InChI=1S/C20H25N5O3/c1-15(26)24-10-5-8-17(24)20-22-21-18-9-11-23(12-13-25(18)20)19(27)14-28-16-6-3-2-4-7-16/h2-4,6-7,17H,5,8-14H2,1H3/t17-/m0/s1. The Kier molecular flexibility index (Phi) is 5.27. The highest BCUT2D eigenvalue weighted by Gasteiger charge is 2.33. The second-order valence-electron chi connectivity index (χ2n) is 7.23. The molecule has 0 saturated carbocycles. The van der Waals surface area contributed by atoms with E-state index in [1.807, 2.05) is 40.1 Å². The van der Waals surface area contributed by atoms with Crippen molar-refractivity contribution in [2.75, 3.05) is 26.2 Å². The Hall–Kier alpha value is -2.90. The van der Waals surface area contributed by atoms with Crippen LogP contribution in [-0.2, 0) is 22.6 Å². The lowest BCUT2D eigenvalue weighted by molar-refractivity contribution is -0.133. The summed E-state index contributed by atoms with van der Waals surface area (Å²) in [5.74, 6) is 2.46. The van der Waals surface area contributed by atoms with E-state index in [2.05, 4.69) is 14.8 Å². The fourth-order valence-electron chi connectivity index (χ4n) is 4.01. The largest absolute Gasteiger partial charge is 0.484 e. The van der Waals surface area contributed by atoms with Gasteiger partial charge in [-0.3, -0.25) is 9.59 Å². The molecule has 2 aliphatic heterocycles. The van der Waals surface area contributed by atoms with Crippen molar-refractivity contribution in [3.05, 3.63) is 42.0 Å². The number of rotatable bonds is 4. The minimum atomic E-state index is -0.0321. The number of amides is 2. The molecule has 2 amide bonds. The molecule has 0 spiro atoms. The van der Waals surface area contributed by atoms with Gasteiger partial charge >= 0.3 is 0 Å². The van der Waals surface area contributed by atoms with Crippen molar-refractivity contribution in [2.45, 2.75) is 38.8 Å². The van der Waals surface area contributed by atoms with Gasteiger partial charge in [0.1, 0.15) is 11.6 Å². The molecule has 1 saturated heterocycles. The van der Waals surface area contributed by atoms with E-state index in [1.54, 1.807) is 6.92 Å². The highest BCUT2D eigenvalue weighted by molar-refractivity contribution is 5.77. The van der Waals surface area contributed by atoms with E-state index >= 15 is 0 Å². The first-order chi connectivity index (χ1) is 13.6. The molecule has 1 aromatic carbocycles. The Labute approximate surface area is 164 Å². The van der Waals surface area contributed by atoms with Crippen LogP contribution in [0.15, 0.2) is 30.3 Å². The van der Waals surface area contributed by atoms with E-state index in [9.17, 15) is 9.59 Å². The number of nitrogens with zero attached hydrogens (tertiary/aromatic N) is 5. The van der Waals surface area contributed by atoms with Gasteiger partial charge in [-0.1, -0.05) is 18.2 Å². The average molecular weight is 383 g/mol. The SMILES string of the molecule is CC(=O)N1CCC[C@H]1c1nnc2n1CCN(C(=O)COc1ccccc1)CC2. The molecule has 0 N–H and O–H groups in total. The molecule has 0 aliphatic carbocycles. The summed E-state index contributed by atoms with van der Waals surface area (Å²) in [6, 6.07) is 9.34. The van der Waals surface area contributed by atoms with Crippen LogP contribution >= 0.6 is 0 Å². The first-order valence-corrected chi connectivity index (χ1v) is 9.78. The molecule has 0 radical (unpaired) electrons. The van der Waals surface area contributed by atoms with Crippen LogP contribution in [0, 0.1) is 0 Å². The number of likely N-dealkylation sites (tertiary alicyclic amines) is 1. The van der Waals surface area contributed by atoms with E-state index in [-0.39, 0.29) is 24.5 Å². The molecular formula is C20H25N5O3. The number of carbonyl (C=O) groups is 2. The van der Waals surface area contributed by atoms with Crippen LogP contribution in [0.4, 0.5) is 0 Å². The molecule has 1 fully saturated rings. The number of benzene rings is 1. The fraction of sp³-hybridized carbons (Fsp3) is 0.500. The smallest absolute Gasteiger partial charge is 0.260 e. The molecule has 2 aliphatic rings. The summed E-state index contributed by atoms with van der Waals surface area (Å²) in [6.07, 6.45) is 2.54. The lowest BCUT2D eigenvalue weighted by Gasteiger charge is -2.24. The highest BCUT2D eigenvalue weighted by atomic mass is 16.5. The van der Waals surface area contributed by atoms with Crippen LogP contribution in [0.3, 0.4) is 0 Å². The topological polar surface area (TPSA) is 80.6 Å². The summed E-state index contributed by atoms with van der Waals surface area (Å²) in [4.78, 5) is 28.2. The third-order valence-electron chi connectivity index (χ3n) is 5.47. The normalized spacial score (nSPS) is 19.2. The summed E-state index contributed by atoms with van der Waals surface area (Å²) in [6.45, 7) is 4.21. The lowest BCUT2D eigenvalue weighted by atomic mass is 10.2. The average Bonchev–Trinajstić information content (AvgIpc) is 3.29. The molecule has 4 rings (SSSR count). The number of para-hydroxylation sites is 1. The monoisotopic (exact) mass is 383 g/mol. The number of aromatic nitrogens is 3. The van der Waals surface area contributed by atoms with Crippen molar-refractivity contribution >= 4 is 11.8 Å². The predicted molar refractivity (Wildman–Crippen MR) is 102 cm³/mol. The third kappa shape index (κ3) is 3.72. The van der Waals surface area contributed by atoms with E-state index in [0.717, 1.165) is 31.0 Å². The number of carbonyl (C=O) groups excluding carboxylic acids is 2. The second-order valence-corrected chi connectivity index (χ2v) is 7.23. The first kappa shape index (κ1) is 18.5. The Morgan fingerprint density at radius 2 is 1.93 bits per heavy atom. The van der Waals surface area contributed by atoms with Crippen molar-refractivity contribution in [1.29, 1.82) is 0 Å². The van der Waals surface area contributed by atoms with Crippen LogP contribution in [0.2, 0.25) is 0 Å². The van der Waals surface area contributed by atoms with Gasteiger partial charge in [0.2, 0.25) is 5.91 Å². The van der Waals surface area contributed by atoms with Crippen molar-refractivity contribution < 1.29 is 14.3 Å². The zero-order valence-electron chi connectivity index (χ0n) is 16.1. The third-order valence-corrected chi connectivity index (χ3v) is 5.47. The van der Waals surface area contributed by atoms with Gasteiger partial charge in [-0.15, -0.1) is 10.2 Å². The van der Waals surface area contributed by atoms with E-state index < -0.39 is 0 Å². The summed E-state index contributed by atoms with van der Waals surface area (Å²) in [5, 5.41) is 8.74. The van der Waals surface area contributed by atoms with Crippen LogP contribution in [0.5, 0.6) is 5.75 Å². The molecule has 148 valence electrons. The number of ether oxygens (including phenoxy) is 1. The Morgan fingerprint density at radius 1 is 1.11 bits per heavy atom. The van der Waals surface area contributed by atoms with Gasteiger partial charge in [-0.25, -0.2) is 0 Å². The van der Waals surface area contributed by atoms with Gasteiger partial charge in [-0.2, -0.15) is 0 Å². The lowest BCUT2D eigenvalue weighted by Crippen LogP contribution is -2.37. The molecule has 3 heterocycles. The predicted octanol–water partition coefficient (Wildman–Crippen LogP) is 1.43. The molecule has 0 unspecified atom stereocenters. The molecule has 1 atom stereocenters. The van der Waals surface area contributed by atoms with Crippen molar-refractivity contribution in [3.63, 3.8) is 0 Å². The highest BCUT2D eigenvalue weighted by Crippen LogP contribution is 2.31. The zero-order valence-corrected chi connectivity index (χ0v) is 16.1. The van der Waals surface area contributed by atoms with Crippen molar-refractivity contribution in [3.8, 4) is 5.75 Å². The van der Waals surface area contributed by atoms with Gasteiger partial charge in [0.15, 0.2) is 12.4 Å². The quantitative estimate of drug-likeness (QED) is 0.798. The maximum atomic E-state index is 12.6. The molecular weight excluding hydrogens is 358 g/mol. The van der Waals surface area contributed by atoms with Crippen LogP contribution in [0.1, 0.15) is 37.5 Å². The number of hydrogen-bond donors (Lipinski definition) is 0. The minimum absolute atomic E-state index is 0.0117.